The summed E-state index contributed by atoms with van der Waals surface area (Å²) in [4.78, 5) is 55.7. The van der Waals surface area contributed by atoms with Gasteiger partial charge in [-0.3, -0.25) is 38.6 Å². The number of rotatable bonds is 8. The molecule has 0 aliphatic carbocycles. The summed E-state index contributed by atoms with van der Waals surface area (Å²) in [7, 11) is 0. The van der Waals surface area contributed by atoms with E-state index in [-0.39, 0.29) is 37.0 Å². The van der Waals surface area contributed by atoms with Crippen LogP contribution in [0.25, 0.3) is 0 Å². The van der Waals surface area contributed by atoms with Crippen molar-refractivity contribution in [2.75, 3.05) is 19.9 Å². The zero-order valence-corrected chi connectivity index (χ0v) is 18.7. The molecule has 0 unspecified atom stereocenters. The van der Waals surface area contributed by atoms with Crippen molar-refractivity contribution >= 4 is 23.6 Å². The summed E-state index contributed by atoms with van der Waals surface area (Å²) in [5.74, 6) is -1.52. The van der Waals surface area contributed by atoms with E-state index in [0.29, 0.717) is 41.8 Å². The maximum atomic E-state index is 12.9. The quantitative estimate of drug-likeness (QED) is 0.482. The van der Waals surface area contributed by atoms with Gasteiger partial charge in [0.2, 0.25) is 0 Å². The number of aromatic nitrogens is 2. The van der Waals surface area contributed by atoms with Gasteiger partial charge in [0, 0.05) is 19.3 Å². The molecule has 2 aromatic carbocycles. The number of fused-ring (bicyclic) bond motifs is 2. The molecule has 0 fully saturated rings. The fourth-order valence-electron chi connectivity index (χ4n) is 4.37. The largest absolute Gasteiger partial charge is 0.272 e. The third kappa shape index (κ3) is 3.80. The molecule has 0 spiro atoms. The van der Waals surface area contributed by atoms with Crippen molar-refractivity contribution in [3.8, 4) is 0 Å². The Labute approximate surface area is 196 Å². The van der Waals surface area contributed by atoms with E-state index in [4.69, 9.17) is 0 Å². The van der Waals surface area contributed by atoms with E-state index in [2.05, 4.69) is 5.10 Å². The Kier molecular flexibility index (Phi) is 5.54. The van der Waals surface area contributed by atoms with E-state index < -0.39 is 0 Å². The molecule has 34 heavy (non-hydrogen) atoms. The predicted molar refractivity (Wildman–Crippen MR) is 122 cm³/mol. The van der Waals surface area contributed by atoms with Gasteiger partial charge in [-0.15, -0.1) is 0 Å². The number of imide groups is 2. The van der Waals surface area contributed by atoms with Crippen molar-refractivity contribution in [1.82, 2.24) is 24.5 Å². The number of amides is 4. The van der Waals surface area contributed by atoms with E-state index >= 15 is 0 Å². The Hall–Kier alpha value is -4.11. The van der Waals surface area contributed by atoms with Gasteiger partial charge in [-0.25, -0.2) is 0 Å². The number of benzene rings is 2. The van der Waals surface area contributed by atoms with Crippen LogP contribution in [0.15, 0.2) is 60.9 Å². The summed E-state index contributed by atoms with van der Waals surface area (Å²) >= 11 is 0. The van der Waals surface area contributed by atoms with Gasteiger partial charge >= 0.3 is 0 Å². The van der Waals surface area contributed by atoms with E-state index in [1.165, 1.54) is 9.80 Å². The first-order valence-corrected chi connectivity index (χ1v) is 11.1. The van der Waals surface area contributed by atoms with Crippen molar-refractivity contribution in [2.24, 2.45) is 0 Å². The molecule has 0 atom stereocenters. The van der Waals surface area contributed by atoms with E-state index in [9.17, 15) is 19.2 Å². The van der Waals surface area contributed by atoms with E-state index in [1.807, 2.05) is 17.8 Å². The van der Waals surface area contributed by atoms with Crippen LogP contribution >= 0.6 is 0 Å². The first kappa shape index (κ1) is 21.7. The predicted octanol–water partition coefficient (Wildman–Crippen LogP) is 2.39. The molecule has 172 valence electrons. The minimum absolute atomic E-state index is 0.0299. The molecule has 4 amide bonds. The van der Waals surface area contributed by atoms with Gasteiger partial charge in [-0.05, 0) is 43.2 Å². The average Bonchev–Trinajstić information content (AvgIpc) is 3.45. The number of carbonyl (C=O) groups is 4. The summed E-state index contributed by atoms with van der Waals surface area (Å²) < 4.78 is 1.82. The van der Waals surface area contributed by atoms with Crippen molar-refractivity contribution < 1.29 is 19.2 Å². The van der Waals surface area contributed by atoms with Gasteiger partial charge in [0.1, 0.15) is 0 Å². The monoisotopic (exact) mass is 457 g/mol. The lowest BCUT2D eigenvalue weighted by Gasteiger charge is -2.29. The summed E-state index contributed by atoms with van der Waals surface area (Å²) in [6.07, 6.45) is 4.35. The lowest BCUT2D eigenvalue weighted by atomic mass is 10.1. The Balaban J connectivity index is 1.34. The number of hydrogen-bond donors (Lipinski definition) is 0. The molecular weight excluding hydrogens is 434 g/mol. The van der Waals surface area contributed by atoms with Crippen molar-refractivity contribution in [2.45, 2.75) is 19.9 Å². The lowest BCUT2D eigenvalue weighted by Crippen LogP contribution is -2.48. The maximum absolute atomic E-state index is 12.9. The summed E-state index contributed by atoms with van der Waals surface area (Å²) in [6, 6.07) is 13.4. The van der Waals surface area contributed by atoms with E-state index in [1.54, 1.807) is 59.6 Å². The van der Waals surface area contributed by atoms with Gasteiger partial charge in [0.05, 0.1) is 41.8 Å². The fourth-order valence-corrected chi connectivity index (χ4v) is 4.37. The molecule has 0 radical (unpaired) electrons. The van der Waals surface area contributed by atoms with Crippen LogP contribution in [-0.2, 0) is 6.54 Å². The summed E-state index contributed by atoms with van der Waals surface area (Å²) in [6.45, 7) is 2.96. The molecular formula is C25H23N5O4. The number of hydrogen-bond acceptors (Lipinski definition) is 6. The van der Waals surface area contributed by atoms with Crippen LogP contribution in [0.3, 0.4) is 0 Å². The highest BCUT2D eigenvalue weighted by atomic mass is 16.2. The fraction of sp³-hybridized carbons (Fsp3) is 0.240. The minimum Gasteiger partial charge on any atom is -0.272 e. The second kappa shape index (κ2) is 8.68. The number of carbonyl (C=O) groups excluding carboxylic acids is 4. The van der Waals surface area contributed by atoms with Crippen molar-refractivity contribution in [3.63, 3.8) is 0 Å². The standard InChI is InChI=1S/C25H23N5O4/c1-17-13-26-28(14-17)12-6-11-27(15-29-22(31)18-7-2-3-8-19(18)23(29)32)16-30-24(33)20-9-4-5-10-21(20)25(30)34/h2-5,7-10,13-14H,6,11-12,15-16H2,1H3. The second-order valence-corrected chi connectivity index (χ2v) is 8.48. The van der Waals surface area contributed by atoms with Crippen LogP contribution in [-0.4, -0.2) is 68.0 Å². The summed E-state index contributed by atoms with van der Waals surface area (Å²) in [5.41, 5.74) is 2.50. The molecule has 9 nitrogen and oxygen atoms in total. The molecule has 0 saturated heterocycles. The highest BCUT2D eigenvalue weighted by Crippen LogP contribution is 2.25. The highest BCUT2D eigenvalue weighted by molar-refractivity contribution is 6.22. The van der Waals surface area contributed by atoms with Gasteiger partial charge in [-0.1, -0.05) is 24.3 Å². The van der Waals surface area contributed by atoms with Crippen LogP contribution in [0.2, 0.25) is 0 Å². The first-order chi connectivity index (χ1) is 16.4. The second-order valence-electron chi connectivity index (χ2n) is 8.48. The van der Waals surface area contributed by atoms with Crippen molar-refractivity contribution in [1.29, 1.82) is 0 Å². The Morgan fingerprint density at radius 1 is 0.735 bits per heavy atom. The van der Waals surface area contributed by atoms with Crippen LogP contribution in [0.5, 0.6) is 0 Å². The molecule has 2 aliphatic heterocycles. The van der Waals surface area contributed by atoms with Crippen LogP contribution in [0.4, 0.5) is 0 Å². The number of nitrogens with zero attached hydrogens (tertiary/aromatic N) is 5. The molecule has 0 bridgehead atoms. The Morgan fingerprint density at radius 2 is 1.18 bits per heavy atom. The zero-order chi connectivity index (χ0) is 23.8. The SMILES string of the molecule is Cc1cnn(CCCN(CN2C(=O)c3ccccc3C2=O)CN2C(=O)c3ccccc3C2=O)c1. The topological polar surface area (TPSA) is 95.8 Å². The van der Waals surface area contributed by atoms with Gasteiger partial charge < -0.3 is 0 Å². The third-order valence-electron chi connectivity index (χ3n) is 6.06. The van der Waals surface area contributed by atoms with Gasteiger partial charge in [0.15, 0.2) is 0 Å². The van der Waals surface area contributed by atoms with Gasteiger partial charge in [-0.2, -0.15) is 5.10 Å². The summed E-state index contributed by atoms with van der Waals surface area (Å²) in [5, 5.41) is 4.28. The highest BCUT2D eigenvalue weighted by Gasteiger charge is 2.39. The Morgan fingerprint density at radius 3 is 1.56 bits per heavy atom. The minimum atomic E-state index is -0.379. The van der Waals surface area contributed by atoms with Gasteiger partial charge in [0.25, 0.3) is 23.6 Å². The smallest absolute Gasteiger partial charge is 0.262 e. The average molecular weight is 457 g/mol. The molecule has 0 saturated carbocycles. The molecule has 3 aromatic rings. The molecule has 2 aliphatic rings. The molecule has 3 heterocycles. The third-order valence-corrected chi connectivity index (χ3v) is 6.06. The lowest BCUT2D eigenvalue weighted by molar-refractivity contribution is 0.0392. The molecule has 0 N–H and O–H groups in total. The number of aryl methyl sites for hydroxylation is 2. The van der Waals surface area contributed by atoms with Crippen LogP contribution in [0, 0.1) is 6.92 Å². The molecule has 9 heteroatoms. The Bertz CT molecular complexity index is 1170. The zero-order valence-electron chi connectivity index (χ0n) is 18.7. The van der Waals surface area contributed by atoms with E-state index in [0.717, 1.165) is 5.56 Å². The molecule has 5 rings (SSSR count). The normalized spacial score (nSPS) is 15.0. The van der Waals surface area contributed by atoms with Crippen LogP contribution < -0.4 is 0 Å². The first-order valence-electron chi connectivity index (χ1n) is 11.1. The van der Waals surface area contributed by atoms with Crippen molar-refractivity contribution in [3.05, 3.63) is 88.7 Å². The molecule has 1 aromatic heterocycles. The maximum Gasteiger partial charge on any atom is 0.262 e. The van der Waals surface area contributed by atoms with Crippen LogP contribution in [0.1, 0.15) is 53.4 Å².